The van der Waals surface area contributed by atoms with Crippen molar-refractivity contribution < 1.29 is 4.79 Å². The van der Waals surface area contributed by atoms with Crippen LogP contribution in [0.15, 0.2) is 30.3 Å². The van der Waals surface area contributed by atoms with Gasteiger partial charge in [0.1, 0.15) is 0 Å². The Morgan fingerprint density at radius 2 is 1.75 bits per heavy atom. The summed E-state index contributed by atoms with van der Waals surface area (Å²) in [6, 6.07) is 10.1. The average Bonchev–Trinajstić information content (AvgIpc) is 2.80. The van der Waals surface area contributed by atoms with Gasteiger partial charge in [0.25, 0.3) is 0 Å². The van der Waals surface area contributed by atoms with Gasteiger partial charge in [0, 0.05) is 17.8 Å². The Kier molecular flexibility index (Phi) is 4.15. The molecule has 0 heterocycles. The third kappa shape index (κ3) is 2.71. The topological polar surface area (TPSA) is 29.1 Å². The Morgan fingerprint density at radius 3 is 2.20 bits per heavy atom. The number of alkyl halides is 1. The average molecular weight is 294 g/mol. The number of halogens is 1. The van der Waals surface area contributed by atoms with E-state index in [4.69, 9.17) is 11.6 Å². The Hall–Kier alpha value is -1.02. The lowest BCUT2D eigenvalue weighted by atomic mass is 10.0. The molecule has 1 N–H and O–H groups in total. The number of hydrogen-bond donors (Lipinski definition) is 1. The zero-order chi connectivity index (χ0) is 15.0. The maximum Gasteiger partial charge on any atom is 0.224 e. The maximum atomic E-state index is 12.4. The van der Waals surface area contributed by atoms with Crippen LogP contribution in [0.2, 0.25) is 0 Å². The van der Waals surface area contributed by atoms with E-state index in [0.717, 1.165) is 6.42 Å². The molecular weight excluding hydrogens is 270 g/mol. The normalized spacial score (nSPS) is 21.2. The predicted octanol–water partition coefficient (Wildman–Crippen LogP) is 3.63. The highest BCUT2D eigenvalue weighted by Crippen LogP contribution is 2.68. The van der Waals surface area contributed by atoms with E-state index < -0.39 is 0 Å². The van der Waals surface area contributed by atoms with Crippen LogP contribution < -0.4 is 5.32 Å². The van der Waals surface area contributed by atoms with Gasteiger partial charge in [0.2, 0.25) is 5.91 Å². The van der Waals surface area contributed by atoms with Crippen LogP contribution in [0, 0.1) is 16.7 Å². The Bertz CT molecular complexity index is 467. The Balaban J connectivity index is 1.96. The Morgan fingerprint density at radius 1 is 1.20 bits per heavy atom. The first-order chi connectivity index (χ1) is 9.30. The lowest BCUT2D eigenvalue weighted by Crippen LogP contribution is -2.39. The first-order valence-corrected chi connectivity index (χ1v) is 7.74. The summed E-state index contributed by atoms with van der Waals surface area (Å²) < 4.78 is 0. The molecule has 1 fully saturated rings. The molecule has 1 aromatic rings. The van der Waals surface area contributed by atoms with E-state index in [-0.39, 0.29) is 28.7 Å². The standard InChI is InChI=1S/C17H24ClNO/c1-16(2)14(17(16,3)4)15(20)19-13(11-18)10-12-8-6-5-7-9-12/h5-9,13-14H,10-11H2,1-4H3,(H,19,20). The summed E-state index contributed by atoms with van der Waals surface area (Å²) in [7, 11) is 0. The van der Waals surface area contributed by atoms with Gasteiger partial charge >= 0.3 is 0 Å². The van der Waals surface area contributed by atoms with E-state index in [1.165, 1.54) is 5.56 Å². The number of amides is 1. The molecule has 0 saturated heterocycles. The molecule has 3 heteroatoms. The number of carbonyl (C=O) groups is 1. The molecular formula is C17H24ClNO. The minimum absolute atomic E-state index is 0.00114. The summed E-state index contributed by atoms with van der Waals surface area (Å²) in [4.78, 5) is 12.4. The molecule has 1 unspecified atom stereocenters. The van der Waals surface area contributed by atoms with Crippen LogP contribution in [-0.2, 0) is 11.2 Å². The van der Waals surface area contributed by atoms with Crippen molar-refractivity contribution >= 4 is 17.5 Å². The van der Waals surface area contributed by atoms with Crippen molar-refractivity contribution in [1.29, 1.82) is 0 Å². The first kappa shape index (κ1) is 15.4. The van der Waals surface area contributed by atoms with Crippen LogP contribution in [0.5, 0.6) is 0 Å². The highest BCUT2D eigenvalue weighted by Gasteiger charge is 2.68. The van der Waals surface area contributed by atoms with Gasteiger partial charge in [-0.05, 0) is 22.8 Å². The molecule has 0 spiro atoms. The molecule has 110 valence electrons. The largest absolute Gasteiger partial charge is 0.352 e. The van der Waals surface area contributed by atoms with Crippen molar-refractivity contribution in [2.45, 2.75) is 40.2 Å². The molecule has 20 heavy (non-hydrogen) atoms. The van der Waals surface area contributed by atoms with Crippen LogP contribution in [0.25, 0.3) is 0 Å². The summed E-state index contributed by atoms with van der Waals surface area (Å²) >= 11 is 6.01. The van der Waals surface area contributed by atoms with Gasteiger partial charge in [-0.25, -0.2) is 0 Å². The second-order valence-corrected chi connectivity index (χ2v) is 7.23. The second-order valence-electron chi connectivity index (χ2n) is 6.93. The highest BCUT2D eigenvalue weighted by atomic mass is 35.5. The van der Waals surface area contributed by atoms with E-state index in [1.54, 1.807) is 0 Å². The van der Waals surface area contributed by atoms with Crippen LogP contribution >= 0.6 is 11.6 Å². The first-order valence-electron chi connectivity index (χ1n) is 7.21. The molecule has 0 aliphatic heterocycles. The van der Waals surface area contributed by atoms with Crippen molar-refractivity contribution in [3.05, 3.63) is 35.9 Å². The monoisotopic (exact) mass is 293 g/mol. The molecule has 0 bridgehead atoms. The maximum absolute atomic E-state index is 12.4. The fourth-order valence-electron chi connectivity index (χ4n) is 3.18. The SMILES string of the molecule is CC1(C)C(C(=O)NC(CCl)Cc2ccccc2)C1(C)C. The zero-order valence-corrected chi connectivity index (χ0v) is 13.5. The molecule has 1 amide bonds. The second kappa shape index (κ2) is 5.40. The van der Waals surface area contributed by atoms with Gasteiger partial charge in [-0.1, -0.05) is 58.0 Å². The summed E-state index contributed by atoms with van der Waals surface area (Å²) in [5.41, 5.74) is 1.34. The lowest BCUT2D eigenvalue weighted by molar-refractivity contribution is -0.124. The van der Waals surface area contributed by atoms with Gasteiger partial charge in [-0.3, -0.25) is 4.79 Å². The summed E-state index contributed by atoms with van der Waals surface area (Å²) in [5.74, 6) is 0.659. The molecule has 2 rings (SSSR count). The van der Waals surface area contributed by atoms with Gasteiger partial charge in [0.05, 0.1) is 0 Å². The van der Waals surface area contributed by atoms with E-state index >= 15 is 0 Å². The minimum atomic E-state index is -0.00114. The molecule has 1 atom stereocenters. The number of nitrogens with one attached hydrogen (secondary N) is 1. The Labute approximate surface area is 126 Å². The van der Waals surface area contributed by atoms with E-state index in [2.05, 4.69) is 45.1 Å². The van der Waals surface area contributed by atoms with Crippen molar-refractivity contribution in [2.24, 2.45) is 16.7 Å². The minimum Gasteiger partial charge on any atom is -0.352 e. The van der Waals surface area contributed by atoms with Crippen molar-refractivity contribution in [3.63, 3.8) is 0 Å². The lowest BCUT2D eigenvalue weighted by Gasteiger charge is -2.17. The zero-order valence-electron chi connectivity index (χ0n) is 12.7. The molecule has 0 radical (unpaired) electrons. The van der Waals surface area contributed by atoms with E-state index in [9.17, 15) is 4.79 Å². The van der Waals surface area contributed by atoms with Crippen molar-refractivity contribution in [2.75, 3.05) is 5.88 Å². The predicted molar refractivity (Wildman–Crippen MR) is 83.8 cm³/mol. The van der Waals surface area contributed by atoms with Gasteiger partial charge in [-0.15, -0.1) is 11.6 Å². The molecule has 1 aliphatic carbocycles. The summed E-state index contributed by atoms with van der Waals surface area (Å²) in [5, 5.41) is 3.12. The smallest absolute Gasteiger partial charge is 0.224 e. The summed E-state index contributed by atoms with van der Waals surface area (Å²) in [6.07, 6.45) is 0.781. The third-order valence-corrected chi connectivity index (χ3v) is 5.51. The number of rotatable bonds is 5. The molecule has 2 nitrogen and oxygen atoms in total. The highest BCUT2D eigenvalue weighted by molar-refractivity contribution is 6.18. The number of benzene rings is 1. The number of hydrogen-bond acceptors (Lipinski definition) is 1. The van der Waals surface area contributed by atoms with Gasteiger partial charge < -0.3 is 5.32 Å². The van der Waals surface area contributed by atoms with Gasteiger partial charge in [-0.2, -0.15) is 0 Å². The fraction of sp³-hybridized carbons (Fsp3) is 0.588. The quantitative estimate of drug-likeness (QED) is 0.825. The molecule has 1 aromatic carbocycles. The number of carbonyl (C=O) groups excluding carboxylic acids is 1. The van der Waals surface area contributed by atoms with Crippen molar-refractivity contribution in [3.8, 4) is 0 Å². The third-order valence-electron chi connectivity index (χ3n) is 5.14. The van der Waals surface area contributed by atoms with Crippen LogP contribution in [0.3, 0.4) is 0 Å². The van der Waals surface area contributed by atoms with Crippen LogP contribution in [0.1, 0.15) is 33.3 Å². The summed E-state index contributed by atoms with van der Waals surface area (Å²) in [6.45, 7) is 8.63. The van der Waals surface area contributed by atoms with Crippen LogP contribution in [-0.4, -0.2) is 17.8 Å². The van der Waals surface area contributed by atoms with Gasteiger partial charge in [0.15, 0.2) is 0 Å². The van der Waals surface area contributed by atoms with Crippen LogP contribution in [0.4, 0.5) is 0 Å². The molecule has 1 aliphatic rings. The van der Waals surface area contributed by atoms with E-state index in [1.807, 2.05) is 18.2 Å². The van der Waals surface area contributed by atoms with E-state index in [0.29, 0.717) is 5.88 Å². The molecule has 0 aromatic heterocycles. The fourth-order valence-corrected chi connectivity index (χ4v) is 3.37. The van der Waals surface area contributed by atoms with Crippen molar-refractivity contribution in [1.82, 2.24) is 5.32 Å². The molecule has 1 saturated carbocycles.